The molecule has 2 rings (SSSR count). The Kier molecular flexibility index (Phi) is 2.30. The minimum atomic E-state index is 0.733. The quantitative estimate of drug-likeness (QED) is 0.635. The Balaban J connectivity index is 2.62. The van der Waals surface area contributed by atoms with E-state index >= 15 is 0 Å². The molecule has 2 nitrogen and oxygen atoms in total. The van der Waals surface area contributed by atoms with Crippen molar-refractivity contribution < 1.29 is 4.68 Å². The van der Waals surface area contributed by atoms with Crippen molar-refractivity contribution in [3.63, 3.8) is 0 Å². The maximum absolute atomic E-state index is 6.13. The number of hydrogen-bond donors (Lipinski definition) is 0. The molecule has 1 heterocycles. The highest BCUT2D eigenvalue weighted by Gasteiger charge is 2.18. The van der Waals surface area contributed by atoms with E-state index in [0.29, 0.717) is 0 Å². The summed E-state index contributed by atoms with van der Waals surface area (Å²) in [7, 11) is 1.99. The molecule has 14 heavy (non-hydrogen) atoms. The van der Waals surface area contributed by atoms with Crippen LogP contribution in [0.5, 0.6) is 0 Å². The van der Waals surface area contributed by atoms with E-state index < -0.39 is 0 Å². The highest BCUT2D eigenvalue weighted by molar-refractivity contribution is 6.28. The van der Waals surface area contributed by atoms with Gasteiger partial charge in [0.1, 0.15) is 0 Å². The molecule has 0 spiro atoms. The fourth-order valence-corrected chi connectivity index (χ4v) is 1.86. The number of aromatic nitrogens is 2. The van der Waals surface area contributed by atoms with Crippen LogP contribution in [0.3, 0.4) is 0 Å². The van der Waals surface area contributed by atoms with Gasteiger partial charge >= 0.3 is 5.15 Å². The maximum Gasteiger partial charge on any atom is 0.306 e. The van der Waals surface area contributed by atoms with Crippen LogP contribution in [0.1, 0.15) is 5.69 Å². The molecule has 1 aromatic heterocycles. The highest BCUT2D eigenvalue weighted by atomic mass is 35.5. The van der Waals surface area contributed by atoms with Crippen LogP contribution >= 0.6 is 11.6 Å². The Labute approximate surface area is 88.3 Å². The minimum Gasteiger partial charge on any atom is -0.154 e. The molecule has 2 aromatic rings. The van der Waals surface area contributed by atoms with Gasteiger partial charge < -0.3 is 0 Å². The largest absolute Gasteiger partial charge is 0.306 e. The van der Waals surface area contributed by atoms with Gasteiger partial charge in [-0.1, -0.05) is 22.9 Å². The summed E-state index contributed by atoms with van der Waals surface area (Å²) in [6.07, 6.45) is 0. The summed E-state index contributed by atoms with van der Waals surface area (Å²) in [5.41, 5.74) is 2.21. The number of hydrogen-bond acceptors (Lipinski definition) is 0. The molecular weight excluding hydrogens is 196 g/mol. The van der Waals surface area contributed by atoms with E-state index in [4.69, 9.17) is 11.6 Å². The zero-order valence-electron chi connectivity index (χ0n) is 8.24. The minimum absolute atomic E-state index is 0.733. The summed E-state index contributed by atoms with van der Waals surface area (Å²) in [6, 6.07) is 12.0. The Morgan fingerprint density at radius 2 is 1.86 bits per heavy atom. The lowest BCUT2D eigenvalue weighted by molar-refractivity contribution is -0.680. The topological polar surface area (TPSA) is 8.81 Å². The fraction of sp³-hybridized carbons (Fsp3) is 0.182. The van der Waals surface area contributed by atoms with Gasteiger partial charge in [-0.15, -0.1) is 0 Å². The first-order valence-corrected chi connectivity index (χ1v) is 4.87. The third-order valence-electron chi connectivity index (χ3n) is 2.34. The maximum atomic E-state index is 6.13. The molecule has 0 unspecified atom stereocenters. The molecule has 0 saturated carbocycles. The summed E-state index contributed by atoms with van der Waals surface area (Å²) < 4.78 is 3.99. The predicted molar refractivity (Wildman–Crippen MR) is 56.7 cm³/mol. The molecule has 0 radical (unpaired) electrons. The summed E-state index contributed by atoms with van der Waals surface area (Å²) >= 11 is 6.13. The lowest BCUT2D eigenvalue weighted by atomic mass is 10.3. The van der Waals surface area contributed by atoms with Gasteiger partial charge in [0.05, 0.1) is 18.8 Å². The SMILES string of the molecule is Cc1cc(Cl)[n+](-c2ccccc2)n1C. The zero-order chi connectivity index (χ0) is 10.1. The van der Waals surface area contributed by atoms with E-state index in [1.54, 1.807) is 0 Å². The standard InChI is InChI=1S/C11H12ClN2/c1-9-8-11(12)14(13(9)2)10-6-4-3-5-7-10/h3-8H,1-2H3/q+1. The molecule has 0 bridgehead atoms. The normalized spacial score (nSPS) is 10.5. The third-order valence-corrected chi connectivity index (χ3v) is 2.61. The summed E-state index contributed by atoms with van der Waals surface area (Å²) in [5.74, 6) is 0. The Morgan fingerprint density at radius 1 is 1.21 bits per heavy atom. The van der Waals surface area contributed by atoms with Crippen LogP contribution in [0.4, 0.5) is 0 Å². The van der Waals surface area contributed by atoms with Crippen molar-refractivity contribution in [3.8, 4) is 5.69 Å². The Hall–Kier alpha value is -1.28. The van der Waals surface area contributed by atoms with Gasteiger partial charge in [-0.25, -0.2) is 0 Å². The van der Waals surface area contributed by atoms with Crippen LogP contribution in [-0.2, 0) is 7.05 Å². The number of rotatable bonds is 1. The van der Waals surface area contributed by atoms with Crippen LogP contribution in [0.15, 0.2) is 36.4 Å². The van der Waals surface area contributed by atoms with Crippen molar-refractivity contribution in [1.29, 1.82) is 0 Å². The van der Waals surface area contributed by atoms with Gasteiger partial charge in [0.25, 0.3) is 0 Å². The highest BCUT2D eigenvalue weighted by Crippen LogP contribution is 2.09. The summed E-state index contributed by atoms with van der Waals surface area (Å²) in [6.45, 7) is 2.03. The van der Waals surface area contributed by atoms with Crippen molar-refractivity contribution in [2.75, 3.05) is 0 Å². The van der Waals surface area contributed by atoms with Crippen molar-refractivity contribution in [3.05, 3.63) is 47.2 Å². The van der Waals surface area contributed by atoms with Crippen LogP contribution < -0.4 is 4.68 Å². The molecule has 0 aliphatic carbocycles. The molecule has 3 heteroatoms. The first-order valence-electron chi connectivity index (χ1n) is 4.50. The van der Waals surface area contributed by atoms with Gasteiger partial charge in [-0.2, -0.15) is 4.68 Å². The first-order chi connectivity index (χ1) is 6.70. The van der Waals surface area contributed by atoms with Crippen molar-refractivity contribution in [2.24, 2.45) is 7.05 Å². The van der Waals surface area contributed by atoms with Crippen molar-refractivity contribution in [1.82, 2.24) is 4.68 Å². The molecule has 0 fully saturated rings. The Morgan fingerprint density at radius 3 is 2.36 bits per heavy atom. The second kappa shape index (κ2) is 3.46. The van der Waals surface area contributed by atoms with Crippen LogP contribution in [0, 0.1) is 6.92 Å². The van der Waals surface area contributed by atoms with Crippen molar-refractivity contribution >= 4 is 11.6 Å². The number of aryl methyl sites for hydroxylation is 1. The fourth-order valence-electron chi connectivity index (χ4n) is 1.49. The second-order valence-corrected chi connectivity index (χ2v) is 3.67. The first kappa shape index (κ1) is 9.28. The molecule has 0 N–H and O–H groups in total. The van der Waals surface area contributed by atoms with Gasteiger partial charge in [0, 0.05) is 12.1 Å². The molecule has 0 aliphatic heterocycles. The van der Waals surface area contributed by atoms with E-state index in [1.807, 2.05) is 59.7 Å². The smallest absolute Gasteiger partial charge is 0.154 e. The lowest BCUT2D eigenvalue weighted by Crippen LogP contribution is -2.40. The molecular formula is C11H12ClN2+. The predicted octanol–water partition coefficient (Wildman–Crippen LogP) is 2.26. The van der Waals surface area contributed by atoms with Crippen LogP contribution in [0.2, 0.25) is 5.15 Å². The third kappa shape index (κ3) is 1.42. The molecule has 0 saturated heterocycles. The molecule has 0 aliphatic rings. The lowest BCUT2D eigenvalue weighted by Gasteiger charge is -1.97. The monoisotopic (exact) mass is 207 g/mol. The van der Waals surface area contributed by atoms with Gasteiger partial charge in [-0.05, 0) is 18.5 Å². The average molecular weight is 208 g/mol. The number of benzene rings is 1. The van der Waals surface area contributed by atoms with E-state index in [1.165, 1.54) is 0 Å². The molecule has 0 amide bonds. The molecule has 1 aromatic carbocycles. The van der Waals surface area contributed by atoms with E-state index in [9.17, 15) is 0 Å². The number of nitrogens with zero attached hydrogens (tertiary/aromatic N) is 2. The van der Waals surface area contributed by atoms with E-state index in [0.717, 1.165) is 16.5 Å². The summed E-state index contributed by atoms with van der Waals surface area (Å²) in [5, 5.41) is 0.733. The van der Waals surface area contributed by atoms with Gasteiger partial charge in [-0.3, -0.25) is 0 Å². The number of halogens is 1. The number of para-hydroxylation sites is 1. The van der Waals surface area contributed by atoms with E-state index in [2.05, 4.69) is 0 Å². The molecule has 72 valence electrons. The van der Waals surface area contributed by atoms with Crippen LogP contribution in [-0.4, -0.2) is 4.68 Å². The Bertz CT molecular complexity index is 446. The second-order valence-electron chi connectivity index (χ2n) is 3.28. The van der Waals surface area contributed by atoms with Gasteiger partial charge in [0.2, 0.25) is 5.69 Å². The summed E-state index contributed by atoms with van der Waals surface area (Å²) in [4.78, 5) is 0. The molecule has 0 atom stereocenters. The van der Waals surface area contributed by atoms with Crippen molar-refractivity contribution in [2.45, 2.75) is 6.92 Å². The average Bonchev–Trinajstić information content (AvgIpc) is 2.43. The van der Waals surface area contributed by atoms with Crippen LogP contribution in [0.25, 0.3) is 5.69 Å². The van der Waals surface area contributed by atoms with E-state index in [-0.39, 0.29) is 0 Å². The van der Waals surface area contributed by atoms with Gasteiger partial charge in [0.15, 0.2) is 0 Å². The zero-order valence-corrected chi connectivity index (χ0v) is 8.99.